The lowest BCUT2D eigenvalue weighted by atomic mass is 10.1. The fourth-order valence-electron chi connectivity index (χ4n) is 1.58. The summed E-state index contributed by atoms with van der Waals surface area (Å²) in [6.45, 7) is 3.91. The number of nitrogen functional groups attached to an aromatic ring is 1. The van der Waals surface area contributed by atoms with E-state index in [1.54, 1.807) is 0 Å². The van der Waals surface area contributed by atoms with Gasteiger partial charge in [-0.2, -0.15) is 4.98 Å². The first-order chi connectivity index (χ1) is 6.69. The van der Waals surface area contributed by atoms with Gasteiger partial charge in [0.15, 0.2) is 0 Å². The Balaban J connectivity index is 2.10. The molecule has 3 N–H and O–H groups in total. The number of aryl methyl sites for hydroxylation is 1. The highest BCUT2D eigenvalue weighted by Crippen LogP contribution is 2.19. The van der Waals surface area contributed by atoms with E-state index in [1.807, 2.05) is 20.0 Å². The van der Waals surface area contributed by atoms with Crippen molar-refractivity contribution in [2.45, 2.75) is 13.0 Å². The van der Waals surface area contributed by atoms with Gasteiger partial charge in [0.2, 0.25) is 5.95 Å². The van der Waals surface area contributed by atoms with Gasteiger partial charge in [-0.3, -0.25) is 0 Å². The van der Waals surface area contributed by atoms with E-state index in [2.05, 4.69) is 20.2 Å². The smallest absolute Gasteiger partial charge is 0.222 e. The third-order valence-corrected chi connectivity index (χ3v) is 2.47. The molecule has 1 aliphatic heterocycles. The molecule has 0 aliphatic carbocycles. The number of nitrogens with zero attached hydrogens (tertiary/aromatic N) is 3. The number of likely N-dealkylation sites (N-methyl/N-ethyl adjacent to an activating group) is 1. The molecule has 1 aromatic rings. The standard InChI is InChI=1S/C9H15N5/c1-6-3-8(13-9(10)12-6)14-4-7(5-14)11-2/h3,7,11H,4-5H2,1-2H3,(H2,10,12,13). The van der Waals surface area contributed by atoms with Crippen LogP contribution >= 0.6 is 0 Å². The highest BCUT2D eigenvalue weighted by Gasteiger charge is 2.26. The van der Waals surface area contributed by atoms with Gasteiger partial charge < -0.3 is 16.0 Å². The Morgan fingerprint density at radius 2 is 2.21 bits per heavy atom. The van der Waals surface area contributed by atoms with Crippen molar-refractivity contribution in [3.05, 3.63) is 11.8 Å². The van der Waals surface area contributed by atoms with Crippen LogP contribution in [0.2, 0.25) is 0 Å². The Morgan fingerprint density at radius 3 is 2.79 bits per heavy atom. The van der Waals surface area contributed by atoms with Crippen LogP contribution in [0.3, 0.4) is 0 Å². The van der Waals surface area contributed by atoms with E-state index in [9.17, 15) is 0 Å². The second-order valence-corrected chi connectivity index (χ2v) is 3.62. The Morgan fingerprint density at radius 1 is 1.50 bits per heavy atom. The van der Waals surface area contributed by atoms with E-state index < -0.39 is 0 Å². The molecule has 0 aromatic carbocycles. The zero-order valence-corrected chi connectivity index (χ0v) is 8.49. The Kier molecular flexibility index (Phi) is 2.25. The normalized spacial score (nSPS) is 16.9. The van der Waals surface area contributed by atoms with Gasteiger partial charge in [0.1, 0.15) is 5.82 Å². The first-order valence-corrected chi connectivity index (χ1v) is 4.72. The highest BCUT2D eigenvalue weighted by molar-refractivity contribution is 5.46. The molecule has 5 heteroatoms. The highest BCUT2D eigenvalue weighted by atomic mass is 15.3. The summed E-state index contributed by atoms with van der Waals surface area (Å²) in [4.78, 5) is 10.4. The van der Waals surface area contributed by atoms with Gasteiger partial charge in [0, 0.05) is 30.9 Å². The third-order valence-electron chi connectivity index (χ3n) is 2.47. The van der Waals surface area contributed by atoms with E-state index in [0.29, 0.717) is 12.0 Å². The van der Waals surface area contributed by atoms with Crippen LogP contribution in [0, 0.1) is 6.92 Å². The van der Waals surface area contributed by atoms with Crippen LogP contribution in [0.25, 0.3) is 0 Å². The maximum atomic E-state index is 5.58. The molecule has 2 rings (SSSR count). The predicted octanol–water partition coefficient (Wildman–Crippen LogP) is -0.225. The zero-order chi connectivity index (χ0) is 10.1. The van der Waals surface area contributed by atoms with Gasteiger partial charge in [0.25, 0.3) is 0 Å². The second-order valence-electron chi connectivity index (χ2n) is 3.62. The van der Waals surface area contributed by atoms with Crippen molar-refractivity contribution in [2.75, 3.05) is 30.8 Å². The molecule has 0 radical (unpaired) electrons. The van der Waals surface area contributed by atoms with Crippen LogP contribution in [-0.2, 0) is 0 Å². The molecule has 0 amide bonds. The number of aromatic nitrogens is 2. The lowest BCUT2D eigenvalue weighted by Gasteiger charge is -2.39. The number of nitrogens with one attached hydrogen (secondary N) is 1. The van der Waals surface area contributed by atoms with Crippen molar-refractivity contribution in [3.63, 3.8) is 0 Å². The molecule has 1 fully saturated rings. The van der Waals surface area contributed by atoms with E-state index in [-0.39, 0.29) is 0 Å². The lowest BCUT2D eigenvalue weighted by Crippen LogP contribution is -2.57. The van der Waals surface area contributed by atoms with Crippen molar-refractivity contribution in [3.8, 4) is 0 Å². The molecule has 14 heavy (non-hydrogen) atoms. The predicted molar refractivity (Wildman–Crippen MR) is 56.2 cm³/mol. The van der Waals surface area contributed by atoms with Crippen molar-refractivity contribution in [2.24, 2.45) is 0 Å². The number of hydrogen-bond acceptors (Lipinski definition) is 5. The van der Waals surface area contributed by atoms with Gasteiger partial charge in [-0.05, 0) is 14.0 Å². The van der Waals surface area contributed by atoms with E-state index >= 15 is 0 Å². The molecule has 2 heterocycles. The third kappa shape index (κ3) is 1.63. The first kappa shape index (κ1) is 9.21. The van der Waals surface area contributed by atoms with Gasteiger partial charge in [-0.15, -0.1) is 0 Å². The zero-order valence-electron chi connectivity index (χ0n) is 8.49. The van der Waals surface area contributed by atoms with Gasteiger partial charge in [0.05, 0.1) is 0 Å². The molecule has 1 aromatic heterocycles. The Labute approximate surface area is 83.3 Å². The molecule has 0 unspecified atom stereocenters. The molecule has 0 saturated carbocycles. The summed E-state index contributed by atoms with van der Waals surface area (Å²) >= 11 is 0. The van der Waals surface area contributed by atoms with Gasteiger partial charge in [-0.1, -0.05) is 0 Å². The quantitative estimate of drug-likeness (QED) is 0.679. The Bertz CT molecular complexity index is 312. The molecule has 5 nitrogen and oxygen atoms in total. The van der Waals surface area contributed by atoms with Crippen molar-refractivity contribution in [1.29, 1.82) is 0 Å². The van der Waals surface area contributed by atoms with E-state index in [4.69, 9.17) is 5.73 Å². The first-order valence-electron chi connectivity index (χ1n) is 4.72. The summed E-state index contributed by atoms with van der Waals surface area (Å²) in [5.41, 5.74) is 6.50. The molecule has 0 atom stereocenters. The van der Waals surface area contributed by atoms with Crippen molar-refractivity contribution >= 4 is 11.8 Å². The van der Waals surface area contributed by atoms with Gasteiger partial charge >= 0.3 is 0 Å². The number of rotatable bonds is 2. The molecular weight excluding hydrogens is 178 g/mol. The summed E-state index contributed by atoms with van der Waals surface area (Å²) in [6.07, 6.45) is 0. The minimum Gasteiger partial charge on any atom is -0.368 e. The number of nitrogens with two attached hydrogens (primary N) is 1. The maximum absolute atomic E-state index is 5.58. The molecular formula is C9H15N5. The van der Waals surface area contributed by atoms with Crippen molar-refractivity contribution in [1.82, 2.24) is 15.3 Å². The largest absolute Gasteiger partial charge is 0.368 e. The average Bonchev–Trinajstić information content (AvgIpc) is 2.00. The van der Waals surface area contributed by atoms with Crippen LogP contribution in [0.4, 0.5) is 11.8 Å². The monoisotopic (exact) mass is 193 g/mol. The van der Waals surface area contributed by atoms with E-state index in [1.165, 1.54) is 0 Å². The topological polar surface area (TPSA) is 67.1 Å². The van der Waals surface area contributed by atoms with Crippen LogP contribution in [0.5, 0.6) is 0 Å². The van der Waals surface area contributed by atoms with Gasteiger partial charge in [-0.25, -0.2) is 4.98 Å². The molecule has 0 bridgehead atoms. The fraction of sp³-hybridized carbons (Fsp3) is 0.556. The van der Waals surface area contributed by atoms with Crippen LogP contribution < -0.4 is 16.0 Å². The maximum Gasteiger partial charge on any atom is 0.222 e. The molecule has 1 aliphatic rings. The van der Waals surface area contributed by atoms with E-state index in [0.717, 1.165) is 24.6 Å². The number of anilines is 2. The minimum atomic E-state index is 0.355. The summed E-state index contributed by atoms with van der Waals surface area (Å²) in [6, 6.07) is 2.54. The van der Waals surface area contributed by atoms with Crippen LogP contribution in [0.15, 0.2) is 6.07 Å². The summed E-state index contributed by atoms with van der Waals surface area (Å²) in [5, 5.41) is 3.21. The Hall–Kier alpha value is -1.36. The second kappa shape index (κ2) is 3.42. The lowest BCUT2D eigenvalue weighted by molar-refractivity contribution is 0.447. The molecule has 1 saturated heterocycles. The molecule has 76 valence electrons. The van der Waals surface area contributed by atoms with Crippen molar-refractivity contribution < 1.29 is 0 Å². The summed E-state index contributed by atoms with van der Waals surface area (Å²) in [7, 11) is 1.97. The van der Waals surface area contributed by atoms with Crippen LogP contribution in [0.1, 0.15) is 5.69 Å². The fourth-order valence-corrected chi connectivity index (χ4v) is 1.58. The summed E-state index contributed by atoms with van der Waals surface area (Å²) < 4.78 is 0. The van der Waals surface area contributed by atoms with Crippen LogP contribution in [-0.4, -0.2) is 36.1 Å². The summed E-state index contributed by atoms with van der Waals surface area (Å²) in [5.74, 6) is 1.29. The molecule has 0 spiro atoms. The SMILES string of the molecule is CNC1CN(c2cc(C)nc(N)n2)C1. The number of hydrogen-bond donors (Lipinski definition) is 2. The average molecular weight is 193 g/mol. The minimum absolute atomic E-state index is 0.355.